The standard InChI is InChI=1S/C37H50N10O8S/c38-24(19-48)31(49)44-28(17-22-18-42-25-11-5-4-10-23(22)25)33(51)45-27(16-21-8-2-1-3-9-21)32(50)43-26(12-6-14-41-37(39)40)35(53)47-15-7-13-30(47)34(52)46-29(20-56)36(54)55/h1-5,8-11,18,24,26-30,42,48,56H,6-7,12-17,19-20,38H2,(H,43,50)(H,44,49)(H,45,51)(H,46,52)(H,54,55)(H4,39,40,41)/t24-,26-,27-,28-,29-,30-/m0/s1. The summed E-state index contributed by atoms with van der Waals surface area (Å²) in [6, 6.07) is 8.93. The SMILES string of the molecule is NC(N)=NCCC[C@H](NC(=O)[C@H](Cc1ccccc1)NC(=O)[C@H](Cc1c[nH]c2ccccc12)NC(=O)[C@@H](N)CO)C(=O)N1CCC[C@H]1C(=O)N[C@@H](CS)C(=O)O. The number of aliphatic hydroxyl groups excluding tert-OH is 1. The number of amides is 5. The van der Waals surface area contributed by atoms with Crippen molar-refractivity contribution in [2.45, 2.75) is 74.8 Å². The maximum absolute atomic E-state index is 14.3. The first-order chi connectivity index (χ1) is 26.8. The third kappa shape index (κ3) is 11.9. The van der Waals surface area contributed by atoms with E-state index < -0.39 is 78.4 Å². The van der Waals surface area contributed by atoms with Gasteiger partial charge in [-0.2, -0.15) is 12.6 Å². The Hall–Kier alpha value is -5.66. The van der Waals surface area contributed by atoms with Gasteiger partial charge in [0.15, 0.2) is 5.96 Å². The normalized spacial score (nSPS) is 16.5. The summed E-state index contributed by atoms with van der Waals surface area (Å²) in [5, 5.41) is 30.3. The van der Waals surface area contributed by atoms with Gasteiger partial charge in [0, 0.05) is 48.8 Å². The molecular weight excluding hydrogens is 745 g/mol. The van der Waals surface area contributed by atoms with Crippen molar-refractivity contribution >= 4 is 65.0 Å². The van der Waals surface area contributed by atoms with Crippen LogP contribution in [0.4, 0.5) is 0 Å². The predicted octanol–water partition coefficient (Wildman–Crippen LogP) is -1.73. The molecule has 0 spiro atoms. The summed E-state index contributed by atoms with van der Waals surface area (Å²) in [5.74, 6) is -5.10. The number of aromatic amines is 1. The maximum Gasteiger partial charge on any atom is 0.327 e. The molecule has 4 rings (SSSR count). The molecule has 0 saturated carbocycles. The summed E-state index contributed by atoms with van der Waals surface area (Å²) in [7, 11) is 0. The highest BCUT2D eigenvalue weighted by atomic mass is 32.1. The van der Waals surface area contributed by atoms with Crippen LogP contribution in [0.1, 0.15) is 36.8 Å². The Morgan fingerprint density at radius 1 is 0.875 bits per heavy atom. The van der Waals surface area contributed by atoms with Crippen LogP contribution in [-0.4, -0.2) is 123 Å². The number of thiol groups is 1. The number of benzene rings is 2. The second-order valence-corrected chi connectivity index (χ2v) is 13.8. The van der Waals surface area contributed by atoms with E-state index in [0.29, 0.717) is 17.5 Å². The number of carboxylic acids is 1. The molecule has 1 aliphatic rings. The van der Waals surface area contributed by atoms with Crippen LogP contribution in [-0.2, 0) is 41.6 Å². The molecule has 0 bridgehead atoms. The van der Waals surface area contributed by atoms with Gasteiger partial charge in [-0.25, -0.2) is 4.79 Å². The monoisotopic (exact) mass is 794 g/mol. The van der Waals surface area contributed by atoms with Crippen molar-refractivity contribution < 1.29 is 39.0 Å². The zero-order chi connectivity index (χ0) is 40.8. The van der Waals surface area contributed by atoms with Crippen molar-refractivity contribution in [2.24, 2.45) is 22.2 Å². The molecule has 0 radical (unpaired) electrons. The second-order valence-electron chi connectivity index (χ2n) is 13.4. The molecule has 5 amide bonds. The molecule has 19 heteroatoms. The van der Waals surface area contributed by atoms with E-state index in [-0.39, 0.29) is 56.9 Å². The topological polar surface area (TPSA) is 300 Å². The quantitative estimate of drug-likeness (QED) is 0.0264. The average molecular weight is 795 g/mol. The number of aromatic nitrogens is 1. The average Bonchev–Trinajstić information content (AvgIpc) is 3.85. The number of likely N-dealkylation sites (tertiary alicyclic amines) is 1. The number of carbonyl (C=O) groups is 6. The Morgan fingerprint density at radius 3 is 2.18 bits per heavy atom. The van der Waals surface area contributed by atoms with Crippen molar-refractivity contribution in [3.8, 4) is 0 Å². The van der Waals surface area contributed by atoms with E-state index >= 15 is 0 Å². The third-order valence-corrected chi connectivity index (χ3v) is 9.74. The molecule has 1 aliphatic heterocycles. The molecule has 56 heavy (non-hydrogen) atoms. The summed E-state index contributed by atoms with van der Waals surface area (Å²) in [5.41, 5.74) is 18.9. The van der Waals surface area contributed by atoms with Gasteiger partial charge in [-0.3, -0.25) is 29.0 Å². The fraction of sp³-hybridized carbons (Fsp3) is 0.432. The fourth-order valence-electron chi connectivity index (χ4n) is 6.41. The molecule has 0 aliphatic carbocycles. The first-order valence-electron chi connectivity index (χ1n) is 18.2. The van der Waals surface area contributed by atoms with Crippen molar-refractivity contribution in [1.29, 1.82) is 0 Å². The summed E-state index contributed by atoms with van der Waals surface area (Å²) in [6.07, 6.45) is 2.72. The van der Waals surface area contributed by atoms with Crippen molar-refractivity contribution in [2.75, 3.05) is 25.4 Å². The highest BCUT2D eigenvalue weighted by molar-refractivity contribution is 7.80. The van der Waals surface area contributed by atoms with Crippen LogP contribution >= 0.6 is 12.6 Å². The minimum absolute atomic E-state index is 0.000317. The number of nitrogens with two attached hydrogens (primary N) is 3. The first kappa shape index (κ1) is 43.1. The van der Waals surface area contributed by atoms with E-state index in [0.717, 1.165) is 10.9 Å². The number of aliphatic hydroxyl groups is 1. The Labute approximate surface area is 328 Å². The Kier molecular flexibility index (Phi) is 16.0. The van der Waals surface area contributed by atoms with Crippen LogP contribution in [0.5, 0.6) is 0 Å². The largest absolute Gasteiger partial charge is 0.480 e. The van der Waals surface area contributed by atoms with E-state index in [9.17, 15) is 39.0 Å². The Morgan fingerprint density at radius 2 is 1.52 bits per heavy atom. The number of carbonyl (C=O) groups excluding carboxylic acids is 5. The van der Waals surface area contributed by atoms with Crippen LogP contribution in [0.3, 0.4) is 0 Å². The lowest BCUT2D eigenvalue weighted by molar-refractivity contribution is -0.144. The molecule has 1 aromatic heterocycles. The van der Waals surface area contributed by atoms with Gasteiger partial charge in [-0.05, 0) is 42.9 Å². The summed E-state index contributed by atoms with van der Waals surface area (Å²) in [4.78, 5) is 88.6. The predicted molar refractivity (Wildman–Crippen MR) is 211 cm³/mol. The molecule has 1 fully saturated rings. The van der Waals surface area contributed by atoms with Gasteiger partial charge in [-0.1, -0.05) is 48.5 Å². The molecule has 0 unspecified atom stereocenters. The van der Waals surface area contributed by atoms with Gasteiger partial charge in [0.25, 0.3) is 0 Å². The highest BCUT2D eigenvalue weighted by Gasteiger charge is 2.39. The van der Waals surface area contributed by atoms with Gasteiger partial charge in [0.05, 0.1) is 6.61 Å². The van der Waals surface area contributed by atoms with Gasteiger partial charge < -0.3 is 58.6 Å². The third-order valence-electron chi connectivity index (χ3n) is 9.38. The van der Waals surface area contributed by atoms with Crippen molar-refractivity contribution in [1.82, 2.24) is 31.2 Å². The van der Waals surface area contributed by atoms with Crippen LogP contribution in [0.15, 0.2) is 65.8 Å². The zero-order valence-electron chi connectivity index (χ0n) is 30.7. The second kappa shape index (κ2) is 20.9. The summed E-state index contributed by atoms with van der Waals surface area (Å²) < 4.78 is 0. The molecule has 6 atom stereocenters. The van der Waals surface area contributed by atoms with Gasteiger partial charge in [0.1, 0.15) is 36.3 Å². The number of guanidine groups is 1. The van der Waals surface area contributed by atoms with Crippen LogP contribution in [0.25, 0.3) is 10.9 Å². The van der Waals surface area contributed by atoms with E-state index in [2.05, 4.69) is 43.9 Å². The number of aliphatic imine (C=N–C) groups is 1. The van der Waals surface area contributed by atoms with E-state index in [1.54, 1.807) is 36.5 Å². The lowest BCUT2D eigenvalue weighted by Crippen LogP contribution is -2.60. The summed E-state index contributed by atoms with van der Waals surface area (Å²) in [6.45, 7) is -0.367. The molecule has 13 N–H and O–H groups in total. The molecule has 302 valence electrons. The number of nitrogens with one attached hydrogen (secondary N) is 5. The van der Waals surface area contributed by atoms with Gasteiger partial charge >= 0.3 is 5.97 Å². The number of para-hydroxylation sites is 1. The minimum atomic E-state index is -1.31. The Bertz CT molecular complexity index is 1870. The number of hydrogen-bond donors (Lipinski definition) is 11. The maximum atomic E-state index is 14.3. The number of rotatable bonds is 20. The van der Waals surface area contributed by atoms with Crippen molar-refractivity contribution in [3.63, 3.8) is 0 Å². The molecular formula is C37H50N10O8S. The van der Waals surface area contributed by atoms with Crippen LogP contribution in [0, 0.1) is 0 Å². The summed E-state index contributed by atoms with van der Waals surface area (Å²) >= 11 is 4.00. The minimum Gasteiger partial charge on any atom is -0.480 e. The number of aliphatic carboxylic acids is 1. The molecule has 3 aromatic rings. The number of hydrogen-bond acceptors (Lipinski definition) is 10. The first-order valence-corrected chi connectivity index (χ1v) is 18.8. The van der Waals surface area contributed by atoms with Crippen LogP contribution in [0.2, 0.25) is 0 Å². The zero-order valence-corrected chi connectivity index (χ0v) is 31.6. The van der Waals surface area contributed by atoms with Gasteiger partial charge in [0.2, 0.25) is 29.5 Å². The van der Waals surface area contributed by atoms with Gasteiger partial charge in [-0.15, -0.1) is 0 Å². The number of nitrogens with zero attached hydrogens (tertiary/aromatic N) is 2. The lowest BCUT2D eigenvalue weighted by atomic mass is 10.0. The lowest BCUT2D eigenvalue weighted by Gasteiger charge is -2.30. The van der Waals surface area contributed by atoms with E-state index in [1.165, 1.54) is 4.90 Å². The smallest absolute Gasteiger partial charge is 0.327 e. The molecule has 1 saturated heterocycles. The molecule has 2 heterocycles. The van der Waals surface area contributed by atoms with E-state index in [1.807, 2.05) is 24.3 Å². The van der Waals surface area contributed by atoms with Crippen LogP contribution < -0.4 is 38.5 Å². The Balaban J connectivity index is 1.62. The number of fused-ring (bicyclic) bond motifs is 1. The number of H-pyrrole nitrogens is 1. The van der Waals surface area contributed by atoms with Crippen molar-refractivity contribution in [3.05, 3.63) is 71.9 Å². The molecule has 2 aromatic carbocycles. The number of carboxylic acid groups (broad SMARTS) is 1. The highest BCUT2D eigenvalue weighted by Crippen LogP contribution is 2.21. The fourth-order valence-corrected chi connectivity index (χ4v) is 6.66. The molecule has 18 nitrogen and oxygen atoms in total. The van der Waals surface area contributed by atoms with E-state index in [4.69, 9.17) is 17.2 Å².